The van der Waals surface area contributed by atoms with Crippen molar-refractivity contribution in [2.24, 2.45) is 5.73 Å². The summed E-state index contributed by atoms with van der Waals surface area (Å²) in [6.45, 7) is 3.68. The van der Waals surface area contributed by atoms with Gasteiger partial charge in [-0.05, 0) is 31.9 Å². The molecule has 0 spiro atoms. The second-order valence-electron chi connectivity index (χ2n) is 4.35. The Balaban J connectivity index is 2.56. The largest absolute Gasteiger partial charge is 0.394 e. The lowest BCUT2D eigenvalue weighted by molar-refractivity contribution is 0.0992. The first-order valence-electron chi connectivity index (χ1n) is 5.50. The first kappa shape index (κ1) is 13.4. The van der Waals surface area contributed by atoms with Gasteiger partial charge in [0, 0.05) is 16.8 Å². The van der Waals surface area contributed by atoms with Gasteiger partial charge in [0.25, 0.3) is 0 Å². The number of Topliss-reactive ketones (excluding diaryl/α,β-unsaturated/α-hetero) is 1. The Morgan fingerprint density at radius 3 is 2.81 bits per heavy atom. The van der Waals surface area contributed by atoms with Gasteiger partial charge in [0.15, 0.2) is 5.78 Å². The van der Waals surface area contributed by atoms with Gasteiger partial charge in [0.05, 0.1) is 11.5 Å². The van der Waals surface area contributed by atoms with Crippen molar-refractivity contribution in [2.45, 2.75) is 38.6 Å². The summed E-state index contributed by atoms with van der Waals surface area (Å²) >= 11 is 1.53. The zero-order chi connectivity index (χ0) is 12.2. The average Bonchev–Trinajstić information content (AvgIpc) is 2.74. The number of thiophene rings is 1. The van der Waals surface area contributed by atoms with Gasteiger partial charge >= 0.3 is 0 Å². The maximum atomic E-state index is 11.4. The summed E-state index contributed by atoms with van der Waals surface area (Å²) in [4.78, 5) is 13.4. The normalized spacial score (nSPS) is 14.8. The zero-order valence-corrected chi connectivity index (χ0v) is 10.6. The molecule has 1 aromatic rings. The summed E-state index contributed by atoms with van der Waals surface area (Å²) < 4.78 is 0. The van der Waals surface area contributed by atoms with Crippen LogP contribution in [0.3, 0.4) is 0 Å². The molecular formula is C12H19NO2S. The Bertz CT molecular complexity index is 358. The lowest BCUT2D eigenvalue weighted by atomic mass is 9.98. The first-order valence-corrected chi connectivity index (χ1v) is 6.32. The van der Waals surface area contributed by atoms with Gasteiger partial charge in [-0.2, -0.15) is 0 Å². The molecule has 0 aromatic carbocycles. The smallest absolute Gasteiger partial charge is 0.172 e. The molecule has 0 radical (unpaired) electrons. The zero-order valence-electron chi connectivity index (χ0n) is 9.82. The molecular weight excluding hydrogens is 222 g/mol. The number of aryl methyl sites for hydroxylation is 1. The average molecular weight is 241 g/mol. The van der Waals surface area contributed by atoms with Crippen LogP contribution in [0, 0.1) is 0 Å². The van der Waals surface area contributed by atoms with E-state index in [0.717, 1.165) is 22.6 Å². The molecule has 1 aromatic heterocycles. The van der Waals surface area contributed by atoms with Crippen molar-refractivity contribution in [1.29, 1.82) is 0 Å². The highest BCUT2D eigenvalue weighted by atomic mass is 32.1. The van der Waals surface area contributed by atoms with Gasteiger partial charge in [-0.1, -0.05) is 6.92 Å². The Morgan fingerprint density at radius 2 is 2.25 bits per heavy atom. The monoisotopic (exact) mass is 241 g/mol. The van der Waals surface area contributed by atoms with Crippen molar-refractivity contribution in [3.8, 4) is 0 Å². The number of hydrogen-bond donors (Lipinski definition) is 2. The fourth-order valence-electron chi connectivity index (χ4n) is 1.32. The summed E-state index contributed by atoms with van der Waals surface area (Å²) in [5.41, 5.74) is 5.32. The van der Waals surface area contributed by atoms with Gasteiger partial charge in [-0.3, -0.25) is 4.79 Å². The number of hydrogen-bond acceptors (Lipinski definition) is 4. The minimum Gasteiger partial charge on any atom is -0.394 e. The number of carbonyl (C=O) groups excluding carboxylic acids is 1. The minimum atomic E-state index is -0.529. The molecule has 3 N–H and O–H groups in total. The molecule has 0 saturated carbocycles. The third-order valence-electron chi connectivity index (χ3n) is 2.56. The molecule has 0 aliphatic heterocycles. The van der Waals surface area contributed by atoms with E-state index < -0.39 is 5.54 Å². The molecule has 16 heavy (non-hydrogen) atoms. The predicted octanol–water partition coefficient (Wildman–Crippen LogP) is 1.98. The quantitative estimate of drug-likeness (QED) is 0.749. The van der Waals surface area contributed by atoms with E-state index in [4.69, 9.17) is 10.8 Å². The molecule has 0 amide bonds. The summed E-state index contributed by atoms with van der Waals surface area (Å²) in [5.74, 6) is 0.189. The van der Waals surface area contributed by atoms with E-state index in [1.165, 1.54) is 11.3 Å². The number of nitrogens with two attached hydrogens (primary N) is 1. The number of aliphatic hydroxyl groups is 1. The Hall–Kier alpha value is -0.710. The van der Waals surface area contributed by atoms with Crippen molar-refractivity contribution < 1.29 is 9.90 Å². The number of rotatable bonds is 6. The Kier molecular flexibility index (Phi) is 4.65. The van der Waals surface area contributed by atoms with Gasteiger partial charge in [-0.15, -0.1) is 11.3 Å². The standard InChI is InChI=1S/C12H19NO2S/c1-3-10(15)11-5-4-9(16-11)6-7-12(2,13)8-14/h4-5,14H,3,6-8,13H2,1-2H3. The third-order valence-corrected chi connectivity index (χ3v) is 3.75. The minimum absolute atomic E-state index is 0.0148. The van der Waals surface area contributed by atoms with Crippen LogP contribution in [0.25, 0.3) is 0 Å². The van der Waals surface area contributed by atoms with E-state index >= 15 is 0 Å². The molecule has 0 bridgehead atoms. The Morgan fingerprint density at radius 1 is 1.56 bits per heavy atom. The van der Waals surface area contributed by atoms with Crippen LogP contribution < -0.4 is 5.73 Å². The SMILES string of the molecule is CCC(=O)c1ccc(CCC(C)(N)CO)s1. The molecule has 4 heteroatoms. The number of aliphatic hydroxyl groups excluding tert-OH is 1. The molecule has 0 fully saturated rings. The molecule has 1 atom stereocenters. The van der Waals surface area contributed by atoms with Crippen LogP contribution in [0.15, 0.2) is 12.1 Å². The summed E-state index contributed by atoms with van der Waals surface area (Å²) in [5, 5.41) is 9.03. The van der Waals surface area contributed by atoms with Crippen LogP contribution in [0.5, 0.6) is 0 Å². The second-order valence-corrected chi connectivity index (χ2v) is 5.52. The van der Waals surface area contributed by atoms with Crippen LogP contribution in [-0.4, -0.2) is 23.0 Å². The maximum Gasteiger partial charge on any atom is 0.172 e. The molecule has 1 unspecified atom stereocenters. The molecule has 0 aliphatic carbocycles. The molecule has 3 nitrogen and oxygen atoms in total. The van der Waals surface area contributed by atoms with E-state index in [1.54, 1.807) is 0 Å². The van der Waals surface area contributed by atoms with Gasteiger partial charge in [0.2, 0.25) is 0 Å². The van der Waals surface area contributed by atoms with Crippen LogP contribution in [0.1, 0.15) is 41.2 Å². The molecule has 1 heterocycles. The molecule has 90 valence electrons. The van der Waals surface area contributed by atoms with Gasteiger partial charge in [-0.25, -0.2) is 0 Å². The number of ketones is 1. The third kappa shape index (κ3) is 3.70. The van der Waals surface area contributed by atoms with Crippen LogP contribution in [0.2, 0.25) is 0 Å². The fourth-order valence-corrected chi connectivity index (χ4v) is 2.34. The van der Waals surface area contributed by atoms with E-state index in [1.807, 2.05) is 26.0 Å². The lowest BCUT2D eigenvalue weighted by Crippen LogP contribution is -2.40. The van der Waals surface area contributed by atoms with Crippen molar-refractivity contribution >= 4 is 17.1 Å². The highest BCUT2D eigenvalue weighted by molar-refractivity contribution is 7.14. The van der Waals surface area contributed by atoms with Crippen molar-refractivity contribution in [2.75, 3.05) is 6.61 Å². The number of carbonyl (C=O) groups is 1. The second kappa shape index (κ2) is 5.57. The van der Waals surface area contributed by atoms with E-state index in [2.05, 4.69) is 0 Å². The van der Waals surface area contributed by atoms with E-state index in [9.17, 15) is 4.79 Å². The molecule has 0 aliphatic rings. The molecule has 1 rings (SSSR count). The van der Waals surface area contributed by atoms with Gasteiger partial charge in [0.1, 0.15) is 0 Å². The maximum absolute atomic E-state index is 11.4. The van der Waals surface area contributed by atoms with Gasteiger partial charge < -0.3 is 10.8 Å². The van der Waals surface area contributed by atoms with Crippen molar-refractivity contribution in [1.82, 2.24) is 0 Å². The van der Waals surface area contributed by atoms with Crippen molar-refractivity contribution in [3.63, 3.8) is 0 Å². The summed E-state index contributed by atoms with van der Waals surface area (Å²) in [6, 6.07) is 3.85. The summed E-state index contributed by atoms with van der Waals surface area (Å²) in [6.07, 6.45) is 2.09. The van der Waals surface area contributed by atoms with Crippen molar-refractivity contribution in [3.05, 3.63) is 21.9 Å². The predicted molar refractivity (Wildman–Crippen MR) is 66.9 cm³/mol. The van der Waals surface area contributed by atoms with Crippen LogP contribution in [0.4, 0.5) is 0 Å². The van der Waals surface area contributed by atoms with E-state index in [-0.39, 0.29) is 12.4 Å². The first-order chi connectivity index (χ1) is 7.48. The lowest BCUT2D eigenvalue weighted by Gasteiger charge is -2.20. The Labute approximate surface area is 100 Å². The molecule has 0 saturated heterocycles. The highest BCUT2D eigenvalue weighted by Gasteiger charge is 2.17. The fraction of sp³-hybridized carbons (Fsp3) is 0.583. The van der Waals surface area contributed by atoms with Crippen LogP contribution in [-0.2, 0) is 6.42 Å². The highest BCUT2D eigenvalue weighted by Crippen LogP contribution is 2.21. The van der Waals surface area contributed by atoms with E-state index in [0.29, 0.717) is 6.42 Å². The summed E-state index contributed by atoms with van der Waals surface area (Å²) in [7, 11) is 0. The van der Waals surface area contributed by atoms with Crippen LogP contribution >= 0.6 is 11.3 Å². The topological polar surface area (TPSA) is 63.3 Å².